The first kappa shape index (κ1) is 25.1. The van der Waals surface area contributed by atoms with E-state index in [0.717, 1.165) is 28.6 Å². The summed E-state index contributed by atoms with van der Waals surface area (Å²) in [6.07, 6.45) is 0.857. The van der Waals surface area contributed by atoms with Gasteiger partial charge < -0.3 is 5.32 Å². The number of anilines is 1. The number of carbonyl (C=O) groups excluding carboxylic acids is 2. The Balaban J connectivity index is 1.76. The Morgan fingerprint density at radius 1 is 0.944 bits per heavy atom. The number of hydrogen-bond donors (Lipinski definition) is 1. The van der Waals surface area contributed by atoms with Crippen LogP contribution >= 0.6 is 0 Å². The summed E-state index contributed by atoms with van der Waals surface area (Å²) in [5.41, 5.74) is 4.98. The lowest BCUT2D eigenvalue weighted by Crippen LogP contribution is -2.45. The second kappa shape index (κ2) is 11.2. The highest BCUT2D eigenvalue weighted by Gasteiger charge is 2.33. The molecule has 1 aromatic heterocycles. The first-order valence-corrected chi connectivity index (χ1v) is 12.3. The van der Waals surface area contributed by atoms with Crippen LogP contribution in [-0.2, 0) is 16.1 Å². The van der Waals surface area contributed by atoms with Gasteiger partial charge in [-0.3, -0.25) is 14.5 Å². The van der Waals surface area contributed by atoms with Gasteiger partial charge in [-0.05, 0) is 61.6 Å². The molecule has 7 heteroatoms. The molecule has 0 bridgehead atoms. The minimum Gasteiger partial charge on any atom is -0.354 e. The molecule has 186 valence electrons. The molecule has 0 saturated heterocycles. The number of hydrogen-bond acceptors (Lipinski definition) is 4. The number of fused-ring (bicyclic) bond motifs is 1. The van der Waals surface area contributed by atoms with Crippen LogP contribution in [0.3, 0.4) is 0 Å². The summed E-state index contributed by atoms with van der Waals surface area (Å²) in [5, 5.41) is 11.5. The number of aromatic nitrogens is 3. The summed E-state index contributed by atoms with van der Waals surface area (Å²) in [4.78, 5) is 29.3. The van der Waals surface area contributed by atoms with Crippen LogP contribution in [0.1, 0.15) is 43.0 Å². The maximum absolute atomic E-state index is 14.0. The van der Waals surface area contributed by atoms with E-state index in [-0.39, 0.29) is 18.4 Å². The Labute approximate surface area is 212 Å². The van der Waals surface area contributed by atoms with Crippen molar-refractivity contribution in [1.82, 2.24) is 20.3 Å². The fraction of sp³-hybridized carbons (Fsp3) is 0.310. The van der Waals surface area contributed by atoms with E-state index in [2.05, 4.69) is 29.5 Å². The summed E-state index contributed by atoms with van der Waals surface area (Å²) < 4.78 is 1.59. The first-order chi connectivity index (χ1) is 17.3. The fourth-order valence-electron chi connectivity index (χ4n) is 4.20. The van der Waals surface area contributed by atoms with Crippen LogP contribution in [0, 0.1) is 19.8 Å². The Morgan fingerprint density at radius 3 is 2.42 bits per heavy atom. The maximum atomic E-state index is 14.0. The van der Waals surface area contributed by atoms with E-state index in [1.807, 2.05) is 86.6 Å². The van der Waals surface area contributed by atoms with Crippen LogP contribution in [0.2, 0.25) is 0 Å². The molecule has 0 unspecified atom stereocenters. The molecular weight excluding hydrogens is 450 g/mol. The predicted molar refractivity (Wildman–Crippen MR) is 143 cm³/mol. The molecule has 1 heterocycles. The standard InChI is InChI=1S/C29H33N5O2/c1-20(2)16-17-30-29(36)28(23-14-12-21(3)13-15-23)34(24-9-7-8-22(4)18-24)27(35)19-33-26-11-6-5-10-25(26)31-32-33/h5-15,18,20,28H,16-17,19H2,1-4H3,(H,30,36)/t28-/m0/s1. The second-order valence-corrected chi connectivity index (χ2v) is 9.63. The van der Waals surface area contributed by atoms with Gasteiger partial charge in [0.1, 0.15) is 18.1 Å². The highest BCUT2D eigenvalue weighted by molar-refractivity contribution is 6.01. The van der Waals surface area contributed by atoms with Crippen LogP contribution < -0.4 is 10.2 Å². The average Bonchev–Trinajstić information content (AvgIpc) is 3.25. The molecule has 4 aromatic rings. The van der Waals surface area contributed by atoms with Crippen molar-refractivity contribution < 1.29 is 9.59 Å². The van der Waals surface area contributed by atoms with Gasteiger partial charge in [0.15, 0.2) is 0 Å². The van der Waals surface area contributed by atoms with E-state index in [1.165, 1.54) is 0 Å². The summed E-state index contributed by atoms with van der Waals surface area (Å²) in [6, 6.07) is 22.1. The average molecular weight is 484 g/mol. The van der Waals surface area contributed by atoms with E-state index in [4.69, 9.17) is 0 Å². The van der Waals surface area contributed by atoms with Crippen molar-refractivity contribution in [2.45, 2.75) is 46.7 Å². The molecule has 0 aliphatic carbocycles. The first-order valence-electron chi connectivity index (χ1n) is 12.3. The SMILES string of the molecule is Cc1ccc([C@@H](C(=O)NCCC(C)C)N(C(=O)Cn2nnc3ccccc32)c2cccc(C)c2)cc1. The zero-order chi connectivity index (χ0) is 25.7. The largest absolute Gasteiger partial charge is 0.354 e. The van der Waals surface area contributed by atoms with Crippen molar-refractivity contribution in [3.63, 3.8) is 0 Å². The van der Waals surface area contributed by atoms with E-state index in [9.17, 15) is 9.59 Å². The van der Waals surface area contributed by atoms with Crippen molar-refractivity contribution in [1.29, 1.82) is 0 Å². The minimum absolute atomic E-state index is 0.0455. The van der Waals surface area contributed by atoms with Crippen molar-refractivity contribution in [2.75, 3.05) is 11.4 Å². The molecule has 0 saturated carbocycles. The quantitative estimate of drug-likeness (QED) is 0.364. The third kappa shape index (κ3) is 5.79. The van der Waals surface area contributed by atoms with Crippen molar-refractivity contribution in [3.05, 3.63) is 89.5 Å². The number of nitrogens with zero attached hydrogens (tertiary/aromatic N) is 4. The number of aryl methyl sites for hydroxylation is 2. The molecule has 0 radical (unpaired) electrons. The van der Waals surface area contributed by atoms with Gasteiger partial charge >= 0.3 is 0 Å². The van der Waals surface area contributed by atoms with Gasteiger partial charge in [0.25, 0.3) is 0 Å². The fourth-order valence-corrected chi connectivity index (χ4v) is 4.20. The van der Waals surface area contributed by atoms with E-state index >= 15 is 0 Å². The molecule has 2 amide bonds. The third-order valence-electron chi connectivity index (χ3n) is 6.17. The Kier molecular flexibility index (Phi) is 7.78. The number of nitrogens with one attached hydrogen (secondary N) is 1. The van der Waals surface area contributed by atoms with Crippen LogP contribution in [-0.4, -0.2) is 33.4 Å². The number of carbonyl (C=O) groups is 2. The van der Waals surface area contributed by atoms with Crippen molar-refractivity contribution >= 4 is 28.5 Å². The molecule has 7 nitrogen and oxygen atoms in total. The van der Waals surface area contributed by atoms with Crippen LogP contribution in [0.25, 0.3) is 11.0 Å². The molecule has 1 N–H and O–H groups in total. The molecule has 1 atom stereocenters. The molecule has 4 rings (SSSR count). The maximum Gasteiger partial charge on any atom is 0.249 e. The van der Waals surface area contributed by atoms with Crippen LogP contribution in [0.15, 0.2) is 72.8 Å². The Bertz CT molecular complexity index is 1340. The van der Waals surface area contributed by atoms with Crippen molar-refractivity contribution in [3.8, 4) is 0 Å². The van der Waals surface area contributed by atoms with Gasteiger partial charge in [-0.25, -0.2) is 4.68 Å². The molecule has 3 aromatic carbocycles. The summed E-state index contributed by atoms with van der Waals surface area (Å²) in [7, 11) is 0. The Hall–Kier alpha value is -4.00. The highest BCUT2D eigenvalue weighted by atomic mass is 16.2. The molecule has 0 spiro atoms. The second-order valence-electron chi connectivity index (χ2n) is 9.63. The zero-order valence-electron chi connectivity index (χ0n) is 21.3. The van der Waals surface area contributed by atoms with Crippen LogP contribution in [0.5, 0.6) is 0 Å². The van der Waals surface area contributed by atoms with Gasteiger partial charge in [-0.15, -0.1) is 5.10 Å². The van der Waals surface area contributed by atoms with Gasteiger partial charge in [0.05, 0.1) is 5.52 Å². The van der Waals surface area contributed by atoms with Gasteiger partial charge in [0.2, 0.25) is 11.8 Å². The lowest BCUT2D eigenvalue weighted by Gasteiger charge is -2.32. The molecular formula is C29H33N5O2. The van der Waals surface area contributed by atoms with Gasteiger partial charge in [-0.1, -0.05) is 73.2 Å². The number of amides is 2. The molecule has 36 heavy (non-hydrogen) atoms. The number of para-hydroxylation sites is 1. The minimum atomic E-state index is -0.832. The summed E-state index contributed by atoms with van der Waals surface area (Å²) >= 11 is 0. The number of benzene rings is 3. The van der Waals surface area contributed by atoms with E-state index in [0.29, 0.717) is 23.7 Å². The normalized spacial score (nSPS) is 12.0. The highest BCUT2D eigenvalue weighted by Crippen LogP contribution is 2.30. The van der Waals surface area contributed by atoms with Crippen molar-refractivity contribution in [2.24, 2.45) is 5.92 Å². The van der Waals surface area contributed by atoms with Gasteiger partial charge in [0, 0.05) is 12.2 Å². The monoisotopic (exact) mass is 483 g/mol. The molecule has 0 fully saturated rings. The number of rotatable bonds is 9. The third-order valence-corrected chi connectivity index (χ3v) is 6.17. The predicted octanol–water partition coefficient (Wildman–Crippen LogP) is 4.98. The topological polar surface area (TPSA) is 80.1 Å². The van der Waals surface area contributed by atoms with Gasteiger partial charge in [-0.2, -0.15) is 0 Å². The van der Waals surface area contributed by atoms with E-state index in [1.54, 1.807) is 9.58 Å². The Morgan fingerprint density at radius 2 is 1.69 bits per heavy atom. The summed E-state index contributed by atoms with van der Waals surface area (Å²) in [6.45, 7) is 8.71. The molecule has 0 aliphatic heterocycles. The zero-order valence-corrected chi connectivity index (χ0v) is 21.3. The van der Waals surface area contributed by atoms with E-state index < -0.39 is 6.04 Å². The summed E-state index contributed by atoms with van der Waals surface area (Å²) in [5.74, 6) is -0.00289. The smallest absolute Gasteiger partial charge is 0.249 e. The van der Waals surface area contributed by atoms with Crippen LogP contribution in [0.4, 0.5) is 5.69 Å². The molecule has 0 aliphatic rings. The lowest BCUT2D eigenvalue weighted by molar-refractivity contribution is -0.127. The lowest BCUT2D eigenvalue weighted by atomic mass is 10.0.